The summed E-state index contributed by atoms with van der Waals surface area (Å²) in [6.45, 7) is 2.88. The van der Waals surface area contributed by atoms with Gasteiger partial charge in [0.05, 0.1) is 0 Å². The predicted octanol–water partition coefficient (Wildman–Crippen LogP) is 0.871. The molecule has 0 bridgehead atoms. The standard InChI is InChI=1S/C9H16N2OS/c1-8(7-13(2)12)11-6-9-3-4-10-5-9/h3-5,8,10-11H,6-7H2,1-2H3. The van der Waals surface area contributed by atoms with Crippen molar-refractivity contribution in [1.29, 1.82) is 0 Å². The number of rotatable bonds is 5. The molecule has 0 saturated heterocycles. The van der Waals surface area contributed by atoms with Gasteiger partial charge in [-0.2, -0.15) is 0 Å². The molecule has 4 heteroatoms. The first kappa shape index (κ1) is 10.5. The fraction of sp³-hybridized carbons (Fsp3) is 0.556. The molecule has 0 saturated carbocycles. The molecule has 1 aromatic heterocycles. The fourth-order valence-electron chi connectivity index (χ4n) is 1.17. The van der Waals surface area contributed by atoms with Gasteiger partial charge in [-0.05, 0) is 18.6 Å². The van der Waals surface area contributed by atoms with Crippen molar-refractivity contribution in [2.24, 2.45) is 0 Å². The largest absolute Gasteiger partial charge is 0.367 e. The van der Waals surface area contributed by atoms with E-state index in [1.165, 1.54) is 5.56 Å². The number of aromatic nitrogens is 1. The summed E-state index contributed by atoms with van der Waals surface area (Å²) >= 11 is 0. The van der Waals surface area contributed by atoms with E-state index in [1.54, 1.807) is 6.26 Å². The lowest BCUT2D eigenvalue weighted by molar-refractivity contribution is 0.587. The van der Waals surface area contributed by atoms with Crippen LogP contribution in [0.4, 0.5) is 0 Å². The molecule has 1 rings (SSSR count). The zero-order valence-corrected chi connectivity index (χ0v) is 8.86. The first-order valence-electron chi connectivity index (χ1n) is 4.33. The summed E-state index contributed by atoms with van der Waals surface area (Å²) in [5, 5.41) is 3.30. The smallest absolute Gasteiger partial charge is 0.0383 e. The van der Waals surface area contributed by atoms with E-state index < -0.39 is 10.8 Å². The second kappa shape index (κ2) is 5.19. The Labute approximate surface area is 81.4 Å². The molecule has 2 atom stereocenters. The molecule has 1 heterocycles. The van der Waals surface area contributed by atoms with Crippen LogP contribution in [0.25, 0.3) is 0 Å². The van der Waals surface area contributed by atoms with Gasteiger partial charge < -0.3 is 10.3 Å². The molecule has 0 aliphatic carbocycles. The Balaban J connectivity index is 2.22. The second-order valence-corrected chi connectivity index (χ2v) is 4.72. The molecule has 0 aromatic carbocycles. The van der Waals surface area contributed by atoms with Crippen LogP contribution in [0.15, 0.2) is 18.5 Å². The monoisotopic (exact) mass is 200 g/mol. The van der Waals surface area contributed by atoms with Gasteiger partial charge in [0.25, 0.3) is 0 Å². The molecule has 0 fully saturated rings. The Morgan fingerprint density at radius 2 is 2.46 bits per heavy atom. The van der Waals surface area contributed by atoms with Crippen LogP contribution in [-0.4, -0.2) is 27.2 Å². The van der Waals surface area contributed by atoms with Crippen molar-refractivity contribution in [3.63, 3.8) is 0 Å². The number of nitrogens with one attached hydrogen (secondary N) is 2. The number of hydrogen-bond donors (Lipinski definition) is 2. The van der Waals surface area contributed by atoms with E-state index in [1.807, 2.05) is 25.4 Å². The van der Waals surface area contributed by atoms with Crippen molar-refractivity contribution in [2.75, 3.05) is 12.0 Å². The molecule has 74 valence electrons. The normalized spacial score (nSPS) is 15.5. The third-order valence-electron chi connectivity index (χ3n) is 1.80. The SMILES string of the molecule is CC(CS(C)=O)NCc1cc[nH]c1. The zero-order valence-electron chi connectivity index (χ0n) is 8.04. The van der Waals surface area contributed by atoms with Crippen LogP contribution in [0.2, 0.25) is 0 Å². The molecule has 2 unspecified atom stereocenters. The summed E-state index contributed by atoms with van der Waals surface area (Å²) < 4.78 is 10.9. The van der Waals surface area contributed by atoms with Crippen LogP contribution in [-0.2, 0) is 17.3 Å². The zero-order chi connectivity index (χ0) is 9.68. The fourth-order valence-corrected chi connectivity index (χ4v) is 1.99. The predicted molar refractivity (Wildman–Crippen MR) is 56.0 cm³/mol. The van der Waals surface area contributed by atoms with Crippen LogP contribution >= 0.6 is 0 Å². The van der Waals surface area contributed by atoms with Gasteiger partial charge >= 0.3 is 0 Å². The van der Waals surface area contributed by atoms with E-state index in [-0.39, 0.29) is 0 Å². The third kappa shape index (κ3) is 4.24. The molecule has 1 aromatic rings. The summed E-state index contributed by atoms with van der Waals surface area (Å²) in [5.41, 5.74) is 1.23. The van der Waals surface area contributed by atoms with Crippen molar-refractivity contribution >= 4 is 10.8 Å². The molecule has 0 amide bonds. The van der Waals surface area contributed by atoms with Gasteiger partial charge in [-0.25, -0.2) is 0 Å². The Morgan fingerprint density at radius 3 is 3.00 bits per heavy atom. The van der Waals surface area contributed by atoms with Crippen molar-refractivity contribution in [3.8, 4) is 0 Å². The topological polar surface area (TPSA) is 44.9 Å². The first-order chi connectivity index (χ1) is 6.18. The highest BCUT2D eigenvalue weighted by Gasteiger charge is 2.03. The molecule has 2 N–H and O–H groups in total. The molecule has 0 aliphatic heterocycles. The quantitative estimate of drug-likeness (QED) is 0.741. The lowest BCUT2D eigenvalue weighted by atomic mass is 10.3. The molecular formula is C9H16N2OS. The van der Waals surface area contributed by atoms with Crippen molar-refractivity contribution in [1.82, 2.24) is 10.3 Å². The minimum atomic E-state index is -0.714. The Morgan fingerprint density at radius 1 is 1.69 bits per heavy atom. The van der Waals surface area contributed by atoms with Crippen molar-refractivity contribution < 1.29 is 4.21 Å². The lowest BCUT2D eigenvalue weighted by Gasteiger charge is -2.10. The van der Waals surface area contributed by atoms with Crippen molar-refractivity contribution in [2.45, 2.75) is 19.5 Å². The van der Waals surface area contributed by atoms with Gasteiger partial charge in [-0.15, -0.1) is 0 Å². The Kier molecular flexibility index (Phi) is 4.18. The molecular weight excluding hydrogens is 184 g/mol. The van der Waals surface area contributed by atoms with Crippen LogP contribution in [0.3, 0.4) is 0 Å². The molecule has 13 heavy (non-hydrogen) atoms. The summed E-state index contributed by atoms with van der Waals surface area (Å²) in [7, 11) is -0.714. The van der Waals surface area contributed by atoms with E-state index in [4.69, 9.17) is 0 Å². The average Bonchev–Trinajstić information content (AvgIpc) is 2.51. The van der Waals surface area contributed by atoms with E-state index in [0.717, 1.165) is 6.54 Å². The van der Waals surface area contributed by atoms with Crippen LogP contribution in [0.1, 0.15) is 12.5 Å². The van der Waals surface area contributed by atoms with Gasteiger partial charge in [0.1, 0.15) is 0 Å². The highest BCUT2D eigenvalue weighted by atomic mass is 32.2. The van der Waals surface area contributed by atoms with Gasteiger partial charge in [0.15, 0.2) is 0 Å². The van der Waals surface area contributed by atoms with E-state index in [2.05, 4.69) is 10.3 Å². The summed E-state index contributed by atoms with van der Waals surface area (Å²) in [4.78, 5) is 2.99. The Hall–Kier alpha value is -0.610. The molecule has 0 spiro atoms. The van der Waals surface area contributed by atoms with Gasteiger partial charge in [0, 0.05) is 47.8 Å². The van der Waals surface area contributed by atoms with E-state index in [9.17, 15) is 4.21 Å². The van der Waals surface area contributed by atoms with Crippen molar-refractivity contribution in [3.05, 3.63) is 24.0 Å². The number of aromatic amines is 1. The lowest BCUT2D eigenvalue weighted by Crippen LogP contribution is -2.30. The highest BCUT2D eigenvalue weighted by molar-refractivity contribution is 7.84. The molecule has 0 radical (unpaired) electrons. The summed E-state index contributed by atoms with van der Waals surface area (Å²) in [6.07, 6.45) is 5.59. The Bertz CT molecular complexity index is 259. The number of hydrogen-bond acceptors (Lipinski definition) is 2. The van der Waals surface area contributed by atoms with E-state index in [0.29, 0.717) is 11.8 Å². The number of H-pyrrole nitrogens is 1. The molecule has 0 aliphatic rings. The minimum Gasteiger partial charge on any atom is -0.367 e. The first-order valence-corrected chi connectivity index (χ1v) is 6.06. The average molecular weight is 200 g/mol. The third-order valence-corrected chi connectivity index (χ3v) is 2.77. The second-order valence-electron chi connectivity index (χ2n) is 3.24. The van der Waals surface area contributed by atoms with Gasteiger partial charge in [0.2, 0.25) is 0 Å². The van der Waals surface area contributed by atoms with Crippen LogP contribution in [0.5, 0.6) is 0 Å². The van der Waals surface area contributed by atoms with E-state index >= 15 is 0 Å². The summed E-state index contributed by atoms with van der Waals surface area (Å²) in [6, 6.07) is 2.34. The minimum absolute atomic E-state index is 0.306. The maximum atomic E-state index is 10.9. The highest BCUT2D eigenvalue weighted by Crippen LogP contribution is 1.96. The van der Waals surface area contributed by atoms with Gasteiger partial charge in [-0.3, -0.25) is 4.21 Å². The van der Waals surface area contributed by atoms with Gasteiger partial charge in [-0.1, -0.05) is 0 Å². The van der Waals surface area contributed by atoms with Crippen LogP contribution in [0, 0.1) is 0 Å². The van der Waals surface area contributed by atoms with Crippen LogP contribution < -0.4 is 5.32 Å². The molecule has 3 nitrogen and oxygen atoms in total. The maximum Gasteiger partial charge on any atom is 0.0383 e. The maximum absolute atomic E-state index is 10.9. The summed E-state index contributed by atoms with van der Waals surface area (Å²) in [5.74, 6) is 0.713.